The summed E-state index contributed by atoms with van der Waals surface area (Å²) in [6, 6.07) is 8.33. The molecular formula is C14H15NO2. The SMILES string of the molecule is CCc1ccc2c(c1)cc(/C=C/C(=O)O)n2C. The summed E-state index contributed by atoms with van der Waals surface area (Å²) in [6.45, 7) is 2.12. The Morgan fingerprint density at radius 1 is 1.41 bits per heavy atom. The number of nitrogens with zero attached hydrogens (tertiary/aromatic N) is 1. The Balaban J connectivity index is 2.52. The van der Waals surface area contributed by atoms with Crippen LogP contribution in [0.4, 0.5) is 0 Å². The van der Waals surface area contributed by atoms with Crippen LogP contribution in [-0.4, -0.2) is 15.6 Å². The molecule has 0 aliphatic heterocycles. The molecule has 0 saturated heterocycles. The van der Waals surface area contributed by atoms with Gasteiger partial charge in [0, 0.05) is 29.7 Å². The number of aryl methyl sites for hydroxylation is 2. The highest BCUT2D eigenvalue weighted by molar-refractivity contribution is 5.88. The molecule has 1 aromatic heterocycles. The van der Waals surface area contributed by atoms with Crippen LogP contribution in [0.3, 0.4) is 0 Å². The molecule has 1 aromatic carbocycles. The van der Waals surface area contributed by atoms with Crippen LogP contribution in [0.25, 0.3) is 17.0 Å². The molecule has 3 heteroatoms. The first-order chi connectivity index (χ1) is 8.11. The highest BCUT2D eigenvalue weighted by Crippen LogP contribution is 2.21. The number of carbonyl (C=O) groups is 1. The molecule has 0 amide bonds. The highest BCUT2D eigenvalue weighted by atomic mass is 16.4. The molecule has 0 saturated carbocycles. The molecule has 88 valence electrons. The number of carboxylic acid groups (broad SMARTS) is 1. The van der Waals surface area contributed by atoms with E-state index in [9.17, 15) is 4.79 Å². The number of aromatic nitrogens is 1. The molecule has 0 aliphatic carbocycles. The van der Waals surface area contributed by atoms with Gasteiger partial charge in [-0.05, 0) is 36.3 Å². The summed E-state index contributed by atoms with van der Waals surface area (Å²) in [5, 5.41) is 9.78. The number of hydrogen-bond donors (Lipinski definition) is 1. The van der Waals surface area contributed by atoms with E-state index in [-0.39, 0.29) is 0 Å². The maximum atomic E-state index is 10.5. The van der Waals surface area contributed by atoms with Crippen molar-refractivity contribution in [3.05, 3.63) is 41.6 Å². The monoisotopic (exact) mass is 229 g/mol. The minimum absolute atomic E-state index is 0.899. The van der Waals surface area contributed by atoms with E-state index in [2.05, 4.69) is 25.1 Å². The Morgan fingerprint density at radius 3 is 2.82 bits per heavy atom. The molecule has 0 spiro atoms. The first-order valence-corrected chi connectivity index (χ1v) is 5.61. The van der Waals surface area contributed by atoms with Crippen molar-refractivity contribution >= 4 is 22.9 Å². The molecule has 0 fully saturated rings. The molecule has 0 bridgehead atoms. The van der Waals surface area contributed by atoms with Crippen LogP contribution < -0.4 is 0 Å². The van der Waals surface area contributed by atoms with Crippen molar-refractivity contribution in [2.75, 3.05) is 0 Å². The topological polar surface area (TPSA) is 42.2 Å². The van der Waals surface area contributed by atoms with Gasteiger partial charge < -0.3 is 9.67 Å². The minimum atomic E-state index is -0.926. The fourth-order valence-corrected chi connectivity index (χ4v) is 1.96. The van der Waals surface area contributed by atoms with E-state index < -0.39 is 5.97 Å². The van der Waals surface area contributed by atoms with E-state index in [0.717, 1.165) is 29.1 Å². The maximum Gasteiger partial charge on any atom is 0.328 e. The number of carboxylic acids is 1. The summed E-state index contributed by atoms with van der Waals surface area (Å²) in [5.74, 6) is -0.926. The Hall–Kier alpha value is -2.03. The van der Waals surface area contributed by atoms with Crippen LogP contribution in [0, 0.1) is 0 Å². The summed E-state index contributed by atoms with van der Waals surface area (Å²) >= 11 is 0. The smallest absolute Gasteiger partial charge is 0.328 e. The van der Waals surface area contributed by atoms with E-state index in [1.165, 1.54) is 5.56 Å². The second kappa shape index (κ2) is 4.45. The summed E-state index contributed by atoms with van der Waals surface area (Å²) < 4.78 is 1.99. The van der Waals surface area contributed by atoms with Crippen molar-refractivity contribution in [1.29, 1.82) is 0 Å². The van der Waals surface area contributed by atoms with Gasteiger partial charge in [-0.3, -0.25) is 0 Å². The van der Waals surface area contributed by atoms with Crippen LogP contribution in [0.2, 0.25) is 0 Å². The first kappa shape index (κ1) is 11.5. The predicted molar refractivity (Wildman–Crippen MR) is 69.0 cm³/mol. The van der Waals surface area contributed by atoms with E-state index in [1.54, 1.807) is 6.08 Å². The van der Waals surface area contributed by atoms with Crippen LogP contribution in [0.15, 0.2) is 30.3 Å². The average Bonchev–Trinajstić information content (AvgIpc) is 2.63. The fraction of sp³-hybridized carbons (Fsp3) is 0.214. The molecular weight excluding hydrogens is 214 g/mol. The Morgan fingerprint density at radius 2 is 2.18 bits per heavy atom. The number of hydrogen-bond acceptors (Lipinski definition) is 1. The lowest BCUT2D eigenvalue weighted by Crippen LogP contribution is -1.92. The van der Waals surface area contributed by atoms with Crippen molar-refractivity contribution < 1.29 is 9.90 Å². The van der Waals surface area contributed by atoms with Crippen molar-refractivity contribution in [1.82, 2.24) is 4.57 Å². The van der Waals surface area contributed by atoms with Crippen molar-refractivity contribution in [2.24, 2.45) is 7.05 Å². The van der Waals surface area contributed by atoms with Crippen LogP contribution >= 0.6 is 0 Å². The molecule has 0 radical (unpaired) electrons. The normalized spacial score (nSPS) is 11.4. The molecule has 2 rings (SSSR count). The van der Waals surface area contributed by atoms with Gasteiger partial charge in [-0.15, -0.1) is 0 Å². The molecule has 1 heterocycles. The van der Waals surface area contributed by atoms with E-state index in [1.807, 2.05) is 17.7 Å². The van der Waals surface area contributed by atoms with E-state index in [0.29, 0.717) is 0 Å². The van der Waals surface area contributed by atoms with Crippen LogP contribution in [0.5, 0.6) is 0 Å². The molecule has 0 unspecified atom stereocenters. The molecule has 0 aliphatic rings. The van der Waals surface area contributed by atoms with Gasteiger partial charge >= 0.3 is 5.97 Å². The average molecular weight is 229 g/mol. The van der Waals surface area contributed by atoms with Gasteiger partial charge in [0.2, 0.25) is 0 Å². The lowest BCUT2D eigenvalue weighted by Gasteiger charge is -2.00. The van der Waals surface area contributed by atoms with Gasteiger partial charge in [0.05, 0.1) is 0 Å². The van der Waals surface area contributed by atoms with E-state index in [4.69, 9.17) is 5.11 Å². The third kappa shape index (κ3) is 2.23. The minimum Gasteiger partial charge on any atom is -0.478 e. The van der Waals surface area contributed by atoms with Crippen molar-refractivity contribution in [2.45, 2.75) is 13.3 Å². The van der Waals surface area contributed by atoms with Crippen LogP contribution in [0.1, 0.15) is 18.2 Å². The summed E-state index contributed by atoms with van der Waals surface area (Å²) in [7, 11) is 1.94. The Labute approximate surface area is 100.0 Å². The zero-order chi connectivity index (χ0) is 12.4. The predicted octanol–water partition coefficient (Wildman–Crippen LogP) is 2.84. The Bertz CT molecular complexity index is 594. The summed E-state index contributed by atoms with van der Waals surface area (Å²) in [5.41, 5.74) is 3.31. The third-order valence-electron chi connectivity index (χ3n) is 2.95. The molecule has 0 atom stereocenters. The van der Waals surface area contributed by atoms with Gasteiger partial charge in [0.1, 0.15) is 0 Å². The Kier molecular flexibility index (Phi) is 3.00. The van der Waals surface area contributed by atoms with Gasteiger partial charge in [0.15, 0.2) is 0 Å². The lowest BCUT2D eigenvalue weighted by atomic mass is 10.1. The number of rotatable bonds is 3. The van der Waals surface area contributed by atoms with E-state index >= 15 is 0 Å². The molecule has 3 nitrogen and oxygen atoms in total. The molecule has 2 aromatic rings. The van der Waals surface area contributed by atoms with Crippen LogP contribution in [-0.2, 0) is 18.3 Å². The number of fused-ring (bicyclic) bond motifs is 1. The zero-order valence-corrected chi connectivity index (χ0v) is 9.97. The van der Waals surface area contributed by atoms with Gasteiger partial charge in [0.25, 0.3) is 0 Å². The quantitative estimate of drug-likeness (QED) is 0.822. The molecule has 17 heavy (non-hydrogen) atoms. The largest absolute Gasteiger partial charge is 0.478 e. The van der Waals surface area contributed by atoms with Crippen molar-refractivity contribution in [3.8, 4) is 0 Å². The molecule has 1 N–H and O–H groups in total. The zero-order valence-electron chi connectivity index (χ0n) is 9.97. The highest BCUT2D eigenvalue weighted by Gasteiger charge is 2.04. The van der Waals surface area contributed by atoms with Crippen molar-refractivity contribution in [3.63, 3.8) is 0 Å². The standard InChI is InChI=1S/C14H15NO2/c1-3-10-4-6-13-11(8-10)9-12(15(13)2)5-7-14(16)17/h4-9H,3H2,1-2H3,(H,16,17)/b7-5+. The lowest BCUT2D eigenvalue weighted by molar-refractivity contribution is -0.131. The van der Waals surface area contributed by atoms with Gasteiger partial charge in [-0.1, -0.05) is 13.0 Å². The number of benzene rings is 1. The van der Waals surface area contributed by atoms with Gasteiger partial charge in [-0.25, -0.2) is 4.79 Å². The second-order valence-electron chi connectivity index (χ2n) is 4.05. The fourth-order valence-electron chi connectivity index (χ4n) is 1.96. The third-order valence-corrected chi connectivity index (χ3v) is 2.95. The maximum absolute atomic E-state index is 10.5. The second-order valence-corrected chi connectivity index (χ2v) is 4.05. The first-order valence-electron chi connectivity index (χ1n) is 5.61. The van der Waals surface area contributed by atoms with Gasteiger partial charge in [-0.2, -0.15) is 0 Å². The number of aliphatic carboxylic acids is 1. The summed E-state index contributed by atoms with van der Waals surface area (Å²) in [6.07, 6.45) is 3.79. The summed E-state index contributed by atoms with van der Waals surface area (Å²) in [4.78, 5) is 10.5.